The first-order valence-corrected chi connectivity index (χ1v) is 13.7. The fourth-order valence-corrected chi connectivity index (χ4v) is 5.91. The molecule has 3 N–H and O–H groups in total. The van der Waals surface area contributed by atoms with Gasteiger partial charge in [0.1, 0.15) is 11.0 Å². The van der Waals surface area contributed by atoms with E-state index in [2.05, 4.69) is 30.5 Å². The summed E-state index contributed by atoms with van der Waals surface area (Å²) in [6, 6.07) is 8.85. The molecule has 11 heteroatoms. The maximum atomic E-state index is 13.7. The molecule has 1 aliphatic carbocycles. The van der Waals surface area contributed by atoms with E-state index in [1.807, 2.05) is 18.2 Å². The summed E-state index contributed by atoms with van der Waals surface area (Å²) < 4.78 is 13.7. The van der Waals surface area contributed by atoms with Gasteiger partial charge in [-0.05, 0) is 43.2 Å². The van der Waals surface area contributed by atoms with Gasteiger partial charge in [0.2, 0.25) is 5.91 Å². The highest BCUT2D eigenvalue weighted by Gasteiger charge is 2.22. The molecule has 7 rings (SSSR count). The highest BCUT2D eigenvalue weighted by Crippen LogP contribution is 2.34. The molecule has 0 radical (unpaired) electrons. The lowest BCUT2D eigenvalue weighted by molar-refractivity contribution is -0.120. The number of nitrogens with zero attached hydrogens (tertiary/aromatic N) is 5. The van der Waals surface area contributed by atoms with Crippen molar-refractivity contribution in [3.05, 3.63) is 60.3 Å². The Morgan fingerprint density at radius 3 is 2.67 bits per heavy atom. The number of carbonyl (C=O) groups excluding carboxylic acids is 1. The van der Waals surface area contributed by atoms with Crippen molar-refractivity contribution in [2.24, 2.45) is 5.92 Å². The summed E-state index contributed by atoms with van der Waals surface area (Å²) in [6.07, 6.45) is 12.0. The third-order valence-electron chi connectivity index (χ3n) is 7.14. The third kappa shape index (κ3) is 4.44. The minimum atomic E-state index is -0.264. The number of aromatic nitrogens is 7. The van der Waals surface area contributed by atoms with E-state index in [9.17, 15) is 9.18 Å². The molecular weight excluding hydrogens is 515 g/mol. The molecular formula is C28H23FN8OS. The van der Waals surface area contributed by atoms with Gasteiger partial charge in [0.05, 0.1) is 34.8 Å². The Hall–Kier alpha value is -4.51. The van der Waals surface area contributed by atoms with E-state index in [1.54, 1.807) is 30.9 Å². The predicted octanol–water partition coefficient (Wildman–Crippen LogP) is 6.34. The van der Waals surface area contributed by atoms with Crippen LogP contribution >= 0.6 is 11.3 Å². The molecule has 0 spiro atoms. The molecule has 0 bridgehead atoms. The van der Waals surface area contributed by atoms with Gasteiger partial charge in [-0.25, -0.2) is 9.97 Å². The molecule has 9 nitrogen and oxygen atoms in total. The minimum Gasteiger partial charge on any atom is -0.335 e. The lowest BCUT2D eigenvalue weighted by Gasteiger charge is -2.20. The Morgan fingerprint density at radius 1 is 0.949 bits per heavy atom. The summed E-state index contributed by atoms with van der Waals surface area (Å²) in [5, 5.41) is 10.3. The van der Waals surface area contributed by atoms with Gasteiger partial charge < -0.3 is 10.3 Å². The molecule has 0 unspecified atom stereocenters. The molecule has 6 aromatic rings. The van der Waals surface area contributed by atoms with Gasteiger partial charge in [-0.1, -0.05) is 19.3 Å². The lowest BCUT2D eigenvalue weighted by Crippen LogP contribution is -2.24. The smallest absolute Gasteiger partial charge is 0.227 e. The Kier molecular flexibility index (Phi) is 5.85. The Labute approximate surface area is 226 Å². The fraction of sp³-hybridized carbons (Fsp3) is 0.214. The molecule has 1 saturated carbocycles. The van der Waals surface area contributed by atoms with Crippen LogP contribution in [0.4, 0.5) is 10.1 Å². The minimum absolute atomic E-state index is 0.0539. The van der Waals surface area contributed by atoms with Crippen LogP contribution in [0.1, 0.15) is 32.1 Å². The molecule has 0 atom stereocenters. The number of hydrogen-bond donors (Lipinski definition) is 3. The quantitative estimate of drug-likeness (QED) is 0.235. The molecule has 1 amide bonds. The maximum absolute atomic E-state index is 13.7. The number of halogens is 1. The number of nitrogens with one attached hydrogen (secondary N) is 3. The number of imidazole rings is 1. The number of hydrogen-bond acceptors (Lipinski definition) is 7. The van der Waals surface area contributed by atoms with Crippen LogP contribution in [0.3, 0.4) is 0 Å². The van der Waals surface area contributed by atoms with E-state index in [1.165, 1.54) is 12.5 Å². The SMILES string of the molecule is O=C(Nc1cncc(-c2ccc3[nH]nc(-c4nc5c(-c6ccc(F)s6)cncc5[nH]4)c3n2)c1)C1CCCCC1. The van der Waals surface area contributed by atoms with Crippen LogP contribution in [0, 0.1) is 11.0 Å². The van der Waals surface area contributed by atoms with E-state index >= 15 is 0 Å². The van der Waals surface area contributed by atoms with Crippen molar-refractivity contribution in [3.8, 4) is 33.2 Å². The first-order valence-electron chi connectivity index (χ1n) is 12.8. The van der Waals surface area contributed by atoms with Crippen LogP contribution in [0.5, 0.6) is 0 Å². The van der Waals surface area contributed by atoms with Crippen molar-refractivity contribution in [1.29, 1.82) is 0 Å². The van der Waals surface area contributed by atoms with Crippen LogP contribution in [0.25, 0.3) is 55.3 Å². The van der Waals surface area contributed by atoms with Crippen molar-refractivity contribution in [3.63, 3.8) is 0 Å². The van der Waals surface area contributed by atoms with E-state index < -0.39 is 0 Å². The maximum Gasteiger partial charge on any atom is 0.227 e. The molecule has 1 fully saturated rings. The van der Waals surface area contributed by atoms with Crippen LogP contribution in [0.15, 0.2) is 55.1 Å². The number of aromatic amines is 2. The van der Waals surface area contributed by atoms with Crippen molar-refractivity contribution in [1.82, 2.24) is 35.1 Å². The van der Waals surface area contributed by atoms with Crippen LogP contribution < -0.4 is 5.32 Å². The summed E-state index contributed by atoms with van der Waals surface area (Å²) in [7, 11) is 0. The van der Waals surface area contributed by atoms with Crippen LogP contribution in [0.2, 0.25) is 0 Å². The molecule has 0 aromatic carbocycles. The number of rotatable bonds is 5. The normalized spacial score (nSPS) is 14.3. The first kappa shape index (κ1) is 23.6. The second-order valence-corrected chi connectivity index (χ2v) is 10.8. The zero-order valence-electron chi connectivity index (χ0n) is 20.7. The largest absolute Gasteiger partial charge is 0.335 e. The van der Waals surface area contributed by atoms with E-state index in [0.717, 1.165) is 58.5 Å². The Balaban J connectivity index is 1.22. The van der Waals surface area contributed by atoms with Gasteiger partial charge in [-0.15, -0.1) is 11.3 Å². The van der Waals surface area contributed by atoms with Crippen molar-refractivity contribution >= 4 is 45.0 Å². The molecule has 6 heterocycles. The average Bonchev–Trinajstić information content (AvgIpc) is 3.71. The van der Waals surface area contributed by atoms with Crippen LogP contribution in [-0.4, -0.2) is 41.0 Å². The second kappa shape index (κ2) is 9.66. The van der Waals surface area contributed by atoms with E-state index in [4.69, 9.17) is 9.97 Å². The van der Waals surface area contributed by atoms with Gasteiger partial charge in [0, 0.05) is 34.3 Å². The highest BCUT2D eigenvalue weighted by atomic mass is 32.1. The number of thiophene rings is 1. The molecule has 0 aliphatic heterocycles. The molecule has 0 saturated heterocycles. The topological polar surface area (TPSA) is 125 Å². The average molecular weight is 539 g/mol. The van der Waals surface area contributed by atoms with Crippen LogP contribution in [-0.2, 0) is 4.79 Å². The van der Waals surface area contributed by atoms with Gasteiger partial charge in [0.15, 0.2) is 16.6 Å². The van der Waals surface area contributed by atoms with Crippen molar-refractivity contribution in [2.75, 3.05) is 5.32 Å². The molecule has 1 aliphatic rings. The van der Waals surface area contributed by atoms with E-state index in [-0.39, 0.29) is 17.0 Å². The third-order valence-corrected chi connectivity index (χ3v) is 8.05. The lowest BCUT2D eigenvalue weighted by atomic mass is 9.88. The first-order chi connectivity index (χ1) is 19.1. The molecule has 39 heavy (non-hydrogen) atoms. The zero-order valence-corrected chi connectivity index (χ0v) is 21.6. The number of fused-ring (bicyclic) bond motifs is 2. The monoisotopic (exact) mass is 538 g/mol. The van der Waals surface area contributed by atoms with Crippen molar-refractivity contribution in [2.45, 2.75) is 32.1 Å². The number of carbonyl (C=O) groups is 1. The summed E-state index contributed by atoms with van der Waals surface area (Å²) in [5.41, 5.74) is 6.22. The summed E-state index contributed by atoms with van der Waals surface area (Å²) >= 11 is 1.05. The van der Waals surface area contributed by atoms with E-state index in [0.29, 0.717) is 39.4 Å². The predicted molar refractivity (Wildman–Crippen MR) is 148 cm³/mol. The summed E-state index contributed by atoms with van der Waals surface area (Å²) in [5.74, 6) is 0.640. The molecule has 194 valence electrons. The van der Waals surface area contributed by atoms with Gasteiger partial charge >= 0.3 is 0 Å². The highest BCUT2D eigenvalue weighted by molar-refractivity contribution is 7.14. The van der Waals surface area contributed by atoms with Crippen molar-refractivity contribution < 1.29 is 9.18 Å². The van der Waals surface area contributed by atoms with Gasteiger partial charge in [-0.2, -0.15) is 9.49 Å². The standard InChI is InChI=1S/C28H23FN8OS/c29-23-9-8-22(39-23)18-13-31-14-21-24(18)35-27(34-21)26-25-20(36-37-26)7-6-19(33-25)16-10-17(12-30-11-16)32-28(38)15-4-2-1-3-5-15/h6-15H,1-5H2,(H,32,38)(H,34,35)(H,36,37). The number of pyridine rings is 3. The van der Waals surface area contributed by atoms with Gasteiger partial charge in [0.25, 0.3) is 0 Å². The molecule has 6 aromatic heterocycles. The zero-order chi connectivity index (χ0) is 26.3. The number of H-pyrrole nitrogens is 2. The van der Waals surface area contributed by atoms with Gasteiger partial charge in [-0.3, -0.25) is 19.9 Å². The number of amides is 1. The Bertz CT molecular complexity index is 1830. The fourth-order valence-electron chi connectivity index (χ4n) is 5.17. The number of anilines is 1. The Morgan fingerprint density at radius 2 is 1.82 bits per heavy atom. The second-order valence-electron chi connectivity index (χ2n) is 9.72. The summed E-state index contributed by atoms with van der Waals surface area (Å²) in [6.45, 7) is 0. The summed E-state index contributed by atoms with van der Waals surface area (Å²) in [4.78, 5) is 35.1.